The van der Waals surface area contributed by atoms with E-state index >= 15 is 0 Å². The van der Waals surface area contributed by atoms with E-state index in [1.54, 1.807) is 0 Å². The van der Waals surface area contributed by atoms with Gasteiger partial charge in [-0.05, 0) is 25.0 Å². The Labute approximate surface area is 92.7 Å². The number of rotatable bonds is 2. The standard InChI is InChI=1S/C12H13F2NO/c13-9-5-6-11(10(14)7-9)15-12(16)8-3-1-2-4-8/h5-8H,1-4H2,(H,15,16). The molecule has 0 unspecified atom stereocenters. The topological polar surface area (TPSA) is 29.1 Å². The first-order valence-electron chi connectivity index (χ1n) is 5.43. The van der Waals surface area contributed by atoms with Crippen LogP contribution in [-0.2, 0) is 4.79 Å². The van der Waals surface area contributed by atoms with Crippen LogP contribution in [0.15, 0.2) is 18.2 Å². The largest absolute Gasteiger partial charge is 0.323 e. The summed E-state index contributed by atoms with van der Waals surface area (Å²) in [6, 6.07) is 3.15. The average molecular weight is 225 g/mol. The van der Waals surface area contributed by atoms with Crippen molar-refractivity contribution in [3.8, 4) is 0 Å². The Kier molecular flexibility index (Phi) is 3.17. The lowest BCUT2D eigenvalue weighted by molar-refractivity contribution is -0.119. The molecule has 0 aliphatic heterocycles. The second-order valence-electron chi connectivity index (χ2n) is 4.09. The van der Waals surface area contributed by atoms with Crippen molar-refractivity contribution in [3.63, 3.8) is 0 Å². The molecule has 1 aromatic carbocycles. The van der Waals surface area contributed by atoms with E-state index in [1.807, 2.05) is 0 Å². The fourth-order valence-corrected chi connectivity index (χ4v) is 2.01. The normalized spacial score (nSPS) is 16.4. The lowest BCUT2D eigenvalue weighted by atomic mass is 10.1. The summed E-state index contributed by atoms with van der Waals surface area (Å²) in [5.41, 5.74) is 0.0540. The van der Waals surface area contributed by atoms with Crippen molar-refractivity contribution in [2.24, 2.45) is 5.92 Å². The maximum absolute atomic E-state index is 13.2. The van der Waals surface area contributed by atoms with Gasteiger partial charge in [-0.2, -0.15) is 0 Å². The zero-order chi connectivity index (χ0) is 11.5. The van der Waals surface area contributed by atoms with Crippen LogP contribution >= 0.6 is 0 Å². The monoisotopic (exact) mass is 225 g/mol. The van der Waals surface area contributed by atoms with Crippen LogP contribution in [0.5, 0.6) is 0 Å². The molecule has 1 amide bonds. The van der Waals surface area contributed by atoms with Crippen LogP contribution in [0.2, 0.25) is 0 Å². The van der Waals surface area contributed by atoms with Gasteiger partial charge in [-0.15, -0.1) is 0 Å². The number of carbonyl (C=O) groups is 1. The van der Waals surface area contributed by atoms with Crippen LogP contribution in [0.25, 0.3) is 0 Å². The van der Waals surface area contributed by atoms with E-state index in [0.29, 0.717) is 0 Å². The highest BCUT2D eigenvalue weighted by molar-refractivity contribution is 5.92. The number of amides is 1. The van der Waals surface area contributed by atoms with Crippen molar-refractivity contribution in [1.29, 1.82) is 0 Å². The summed E-state index contributed by atoms with van der Waals surface area (Å²) in [4.78, 5) is 11.7. The van der Waals surface area contributed by atoms with E-state index in [9.17, 15) is 13.6 Å². The number of hydrogen-bond acceptors (Lipinski definition) is 1. The second-order valence-corrected chi connectivity index (χ2v) is 4.09. The maximum atomic E-state index is 13.2. The minimum Gasteiger partial charge on any atom is -0.323 e. The fourth-order valence-electron chi connectivity index (χ4n) is 2.01. The molecular formula is C12H13F2NO. The summed E-state index contributed by atoms with van der Waals surface area (Å²) < 4.78 is 25.9. The highest BCUT2D eigenvalue weighted by Crippen LogP contribution is 2.26. The Balaban J connectivity index is 2.05. The number of benzene rings is 1. The summed E-state index contributed by atoms with van der Waals surface area (Å²) in [5, 5.41) is 2.50. The van der Waals surface area contributed by atoms with Crippen molar-refractivity contribution >= 4 is 11.6 Å². The predicted molar refractivity (Wildman–Crippen MR) is 56.9 cm³/mol. The molecule has 86 valence electrons. The molecule has 0 atom stereocenters. The molecule has 1 aliphatic rings. The highest BCUT2D eigenvalue weighted by Gasteiger charge is 2.23. The van der Waals surface area contributed by atoms with E-state index in [1.165, 1.54) is 6.07 Å². The van der Waals surface area contributed by atoms with E-state index in [-0.39, 0.29) is 17.5 Å². The van der Waals surface area contributed by atoms with E-state index in [2.05, 4.69) is 5.32 Å². The maximum Gasteiger partial charge on any atom is 0.227 e. The van der Waals surface area contributed by atoms with Crippen molar-refractivity contribution < 1.29 is 13.6 Å². The SMILES string of the molecule is O=C(Nc1ccc(F)cc1F)C1CCCC1. The Morgan fingerprint density at radius 1 is 1.25 bits per heavy atom. The van der Waals surface area contributed by atoms with Crippen molar-refractivity contribution in [2.45, 2.75) is 25.7 Å². The van der Waals surface area contributed by atoms with E-state index in [0.717, 1.165) is 37.8 Å². The molecule has 1 fully saturated rings. The van der Waals surface area contributed by atoms with Gasteiger partial charge in [0.05, 0.1) is 5.69 Å². The Bertz CT molecular complexity index is 400. The molecule has 2 rings (SSSR count). The van der Waals surface area contributed by atoms with Gasteiger partial charge in [0.2, 0.25) is 5.91 Å². The van der Waals surface area contributed by atoms with Gasteiger partial charge in [-0.1, -0.05) is 12.8 Å². The smallest absolute Gasteiger partial charge is 0.227 e. The van der Waals surface area contributed by atoms with Gasteiger partial charge in [0.1, 0.15) is 11.6 Å². The summed E-state index contributed by atoms with van der Waals surface area (Å²) in [6.45, 7) is 0. The molecule has 16 heavy (non-hydrogen) atoms. The van der Waals surface area contributed by atoms with Gasteiger partial charge in [-0.3, -0.25) is 4.79 Å². The first-order valence-corrected chi connectivity index (χ1v) is 5.43. The van der Waals surface area contributed by atoms with Crippen LogP contribution in [-0.4, -0.2) is 5.91 Å². The van der Waals surface area contributed by atoms with Crippen molar-refractivity contribution in [3.05, 3.63) is 29.8 Å². The minimum absolute atomic E-state index is 0.0237. The number of carbonyl (C=O) groups excluding carboxylic acids is 1. The zero-order valence-electron chi connectivity index (χ0n) is 8.80. The lowest BCUT2D eigenvalue weighted by Gasteiger charge is -2.10. The molecule has 0 heterocycles. The molecule has 1 aromatic rings. The first-order chi connectivity index (χ1) is 7.66. The third-order valence-corrected chi connectivity index (χ3v) is 2.91. The predicted octanol–water partition coefficient (Wildman–Crippen LogP) is 3.09. The Morgan fingerprint density at radius 3 is 2.56 bits per heavy atom. The van der Waals surface area contributed by atoms with Crippen molar-refractivity contribution in [2.75, 3.05) is 5.32 Å². The molecule has 0 saturated heterocycles. The van der Waals surface area contributed by atoms with Crippen LogP contribution < -0.4 is 5.32 Å². The summed E-state index contributed by atoms with van der Waals surface area (Å²) in [6.07, 6.45) is 3.80. The Hall–Kier alpha value is -1.45. The molecule has 1 N–H and O–H groups in total. The number of nitrogens with one attached hydrogen (secondary N) is 1. The molecule has 1 saturated carbocycles. The quantitative estimate of drug-likeness (QED) is 0.823. The molecule has 0 bridgehead atoms. The van der Waals surface area contributed by atoms with E-state index in [4.69, 9.17) is 0 Å². The van der Waals surface area contributed by atoms with Gasteiger partial charge in [0.25, 0.3) is 0 Å². The molecule has 1 aliphatic carbocycles. The summed E-state index contributed by atoms with van der Waals surface area (Å²) in [5.74, 6) is -1.56. The van der Waals surface area contributed by atoms with E-state index < -0.39 is 11.6 Å². The summed E-state index contributed by atoms with van der Waals surface area (Å²) in [7, 11) is 0. The van der Waals surface area contributed by atoms with Gasteiger partial charge < -0.3 is 5.32 Å². The first kappa shape index (κ1) is 11.0. The van der Waals surface area contributed by atoms with Crippen LogP contribution in [0.4, 0.5) is 14.5 Å². The Morgan fingerprint density at radius 2 is 1.94 bits per heavy atom. The number of halogens is 2. The molecule has 0 aromatic heterocycles. The van der Waals surface area contributed by atoms with Crippen LogP contribution in [0.3, 0.4) is 0 Å². The van der Waals surface area contributed by atoms with Gasteiger partial charge in [0.15, 0.2) is 0 Å². The third-order valence-electron chi connectivity index (χ3n) is 2.91. The molecule has 0 radical (unpaired) electrons. The molecule has 2 nitrogen and oxygen atoms in total. The number of anilines is 1. The van der Waals surface area contributed by atoms with Gasteiger partial charge in [-0.25, -0.2) is 8.78 Å². The number of hydrogen-bond donors (Lipinski definition) is 1. The zero-order valence-corrected chi connectivity index (χ0v) is 8.80. The lowest BCUT2D eigenvalue weighted by Crippen LogP contribution is -2.20. The third kappa shape index (κ3) is 2.38. The molecule has 4 heteroatoms. The highest BCUT2D eigenvalue weighted by atomic mass is 19.1. The van der Waals surface area contributed by atoms with Gasteiger partial charge in [0, 0.05) is 12.0 Å². The van der Waals surface area contributed by atoms with Crippen LogP contribution in [0, 0.1) is 17.6 Å². The van der Waals surface area contributed by atoms with Crippen LogP contribution in [0.1, 0.15) is 25.7 Å². The summed E-state index contributed by atoms with van der Waals surface area (Å²) >= 11 is 0. The minimum atomic E-state index is -0.730. The average Bonchev–Trinajstić information content (AvgIpc) is 2.75. The second kappa shape index (κ2) is 4.60. The molecule has 0 spiro atoms. The van der Waals surface area contributed by atoms with Gasteiger partial charge >= 0.3 is 0 Å². The molecular weight excluding hydrogens is 212 g/mol. The van der Waals surface area contributed by atoms with Crippen molar-refractivity contribution in [1.82, 2.24) is 0 Å². The fraction of sp³-hybridized carbons (Fsp3) is 0.417.